The number of carbonyl (C=O) groups excluding carboxylic acids is 2. The molecule has 2 aromatic rings. The molecule has 3 nitrogen and oxygen atoms in total. The molecule has 0 bridgehead atoms. The predicted molar refractivity (Wildman–Crippen MR) is 60.6 cm³/mol. The Hall–Kier alpha value is -2.42. The number of carbonyl (C=O) groups is 2. The minimum Gasteiger partial charge on any atom is -0.545 e. The van der Waals surface area contributed by atoms with Gasteiger partial charge in [-0.3, -0.25) is 4.79 Å². The van der Waals surface area contributed by atoms with E-state index in [1.165, 1.54) is 18.2 Å². The van der Waals surface area contributed by atoms with Crippen molar-refractivity contribution in [3.8, 4) is 0 Å². The second-order valence-electron chi connectivity index (χ2n) is 3.56. The molecule has 2 aromatic carbocycles. The maximum Gasteiger partial charge on any atom is 0.193 e. The van der Waals surface area contributed by atoms with Crippen molar-refractivity contribution >= 4 is 11.8 Å². The number of carboxylic acid groups (broad SMARTS) is 1. The van der Waals surface area contributed by atoms with E-state index in [1.54, 1.807) is 30.3 Å². The first-order valence-electron chi connectivity index (χ1n) is 5.09. The summed E-state index contributed by atoms with van der Waals surface area (Å²) in [6.07, 6.45) is 0. The smallest absolute Gasteiger partial charge is 0.193 e. The van der Waals surface area contributed by atoms with Crippen LogP contribution in [0.5, 0.6) is 0 Å². The van der Waals surface area contributed by atoms with Crippen LogP contribution >= 0.6 is 0 Å². The molecule has 0 aromatic heterocycles. The molecule has 0 heterocycles. The number of benzene rings is 2. The first-order chi connectivity index (χ1) is 8.18. The standard InChI is InChI=1S/C14H10O3/c15-13(10-5-2-1-3-6-10)11-7-4-8-12(9-11)14(16)17/h1-9H,(H,16,17)/p-1. The Labute approximate surface area is 98.3 Å². The van der Waals surface area contributed by atoms with Gasteiger partial charge in [0.15, 0.2) is 5.78 Å². The first kappa shape index (κ1) is 11.1. The third-order valence-corrected chi connectivity index (χ3v) is 2.40. The van der Waals surface area contributed by atoms with Gasteiger partial charge in [0.1, 0.15) is 0 Å². The summed E-state index contributed by atoms with van der Waals surface area (Å²) >= 11 is 0. The summed E-state index contributed by atoms with van der Waals surface area (Å²) in [4.78, 5) is 22.7. The number of aromatic carboxylic acids is 1. The first-order valence-corrected chi connectivity index (χ1v) is 5.09. The van der Waals surface area contributed by atoms with Gasteiger partial charge < -0.3 is 9.90 Å². The zero-order chi connectivity index (χ0) is 12.3. The molecule has 17 heavy (non-hydrogen) atoms. The highest BCUT2D eigenvalue weighted by atomic mass is 16.4. The highest BCUT2D eigenvalue weighted by Crippen LogP contribution is 2.11. The Bertz CT molecular complexity index is 559. The maximum absolute atomic E-state index is 12.0. The lowest BCUT2D eigenvalue weighted by Crippen LogP contribution is -2.22. The average Bonchev–Trinajstić information content (AvgIpc) is 2.39. The van der Waals surface area contributed by atoms with E-state index in [1.807, 2.05) is 6.07 Å². The van der Waals surface area contributed by atoms with E-state index in [4.69, 9.17) is 0 Å². The quantitative estimate of drug-likeness (QED) is 0.739. The lowest BCUT2D eigenvalue weighted by molar-refractivity contribution is -0.255. The number of hydrogen-bond donors (Lipinski definition) is 0. The van der Waals surface area contributed by atoms with Crippen LogP contribution < -0.4 is 5.11 Å². The third kappa shape index (κ3) is 2.39. The van der Waals surface area contributed by atoms with Gasteiger partial charge in [-0.05, 0) is 11.6 Å². The van der Waals surface area contributed by atoms with Gasteiger partial charge in [0.25, 0.3) is 0 Å². The SMILES string of the molecule is O=C([O-])c1cccc(C(=O)c2ccccc2)c1. The van der Waals surface area contributed by atoms with Crippen LogP contribution in [0, 0.1) is 0 Å². The third-order valence-electron chi connectivity index (χ3n) is 2.40. The molecule has 0 amide bonds. The second-order valence-corrected chi connectivity index (χ2v) is 3.56. The zero-order valence-corrected chi connectivity index (χ0v) is 8.92. The van der Waals surface area contributed by atoms with E-state index in [-0.39, 0.29) is 11.3 Å². The minimum absolute atomic E-state index is 0.00628. The molecular formula is C14H9O3-. The van der Waals surface area contributed by atoms with Crippen LogP contribution in [0.3, 0.4) is 0 Å². The number of hydrogen-bond acceptors (Lipinski definition) is 3. The molecule has 3 heteroatoms. The van der Waals surface area contributed by atoms with Crippen LogP contribution in [0.1, 0.15) is 26.3 Å². The maximum atomic E-state index is 12.0. The average molecular weight is 225 g/mol. The highest BCUT2D eigenvalue weighted by Gasteiger charge is 2.08. The minimum atomic E-state index is -1.28. The fourth-order valence-electron chi connectivity index (χ4n) is 1.54. The van der Waals surface area contributed by atoms with E-state index >= 15 is 0 Å². The molecule has 0 saturated heterocycles. The molecule has 0 saturated carbocycles. The van der Waals surface area contributed by atoms with Gasteiger partial charge >= 0.3 is 0 Å². The van der Waals surface area contributed by atoms with Crippen molar-refractivity contribution in [1.82, 2.24) is 0 Å². The summed E-state index contributed by atoms with van der Waals surface area (Å²) in [6.45, 7) is 0. The summed E-state index contributed by atoms with van der Waals surface area (Å²) in [6, 6.07) is 14.5. The summed E-state index contributed by atoms with van der Waals surface area (Å²) in [5.41, 5.74) is 0.882. The Balaban J connectivity index is 2.38. The molecule has 0 aliphatic rings. The van der Waals surface area contributed by atoms with Crippen molar-refractivity contribution in [1.29, 1.82) is 0 Å². The van der Waals surface area contributed by atoms with E-state index in [2.05, 4.69) is 0 Å². The Morgan fingerprint density at radius 2 is 1.35 bits per heavy atom. The normalized spacial score (nSPS) is 9.88. The van der Waals surface area contributed by atoms with Crippen LogP contribution in [0.4, 0.5) is 0 Å². The fraction of sp³-hybridized carbons (Fsp3) is 0. The molecule has 0 aliphatic heterocycles. The summed E-state index contributed by atoms with van der Waals surface area (Å²) < 4.78 is 0. The largest absolute Gasteiger partial charge is 0.545 e. The molecular weight excluding hydrogens is 216 g/mol. The topological polar surface area (TPSA) is 57.2 Å². The Morgan fingerprint density at radius 1 is 0.765 bits per heavy atom. The highest BCUT2D eigenvalue weighted by molar-refractivity contribution is 6.09. The molecule has 0 radical (unpaired) electrons. The summed E-state index contributed by atoms with van der Waals surface area (Å²) in [7, 11) is 0. The van der Waals surface area contributed by atoms with E-state index in [9.17, 15) is 14.7 Å². The molecule has 0 fully saturated rings. The van der Waals surface area contributed by atoms with Crippen molar-refractivity contribution in [3.05, 3.63) is 71.3 Å². The monoisotopic (exact) mass is 225 g/mol. The molecule has 0 aliphatic carbocycles. The summed E-state index contributed by atoms with van der Waals surface area (Å²) in [5.74, 6) is -1.48. The van der Waals surface area contributed by atoms with Crippen LogP contribution in [0.15, 0.2) is 54.6 Å². The van der Waals surface area contributed by atoms with Crippen molar-refractivity contribution in [2.24, 2.45) is 0 Å². The number of ketones is 1. The van der Waals surface area contributed by atoms with E-state index in [0.29, 0.717) is 11.1 Å². The van der Waals surface area contributed by atoms with E-state index < -0.39 is 5.97 Å². The molecule has 0 N–H and O–H groups in total. The lowest BCUT2D eigenvalue weighted by atomic mass is 10.0. The van der Waals surface area contributed by atoms with Gasteiger partial charge in [-0.1, -0.05) is 48.5 Å². The van der Waals surface area contributed by atoms with E-state index in [0.717, 1.165) is 0 Å². The van der Waals surface area contributed by atoms with Gasteiger partial charge in [-0.25, -0.2) is 0 Å². The van der Waals surface area contributed by atoms with Gasteiger partial charge in [0.05, 0.1) is 5.97 Å². The molecule has 0 spiro atoms. The second kappa shape index (κ2) is 4.61. The van der Waals surface area contributed by atoms with Gasteiger partial charge in [0, 0.05) is 11.1 Å². The van der Waals surface area contributed by atoms with Crippen LogP contribution in [-0.4, -0.2) is 11.8 Å². The van der Waals surface area contributed by atoms with Crippen LogP contribution in [0.25, 0.3) is 0 Å². The van der Waals surface area contributed by atoms with Crippen LogP contribution in [-0.2, 0) is 0 Å². The number of carboxylic acids is 1. The lowest BCUT2D eigenvalue weighted by Gasteiger charge is -2.05. The molecule has 0 unspecified atom stereocenters. The van der Waals surface area contributed by atoms with Crippen molar-refractivity contribution in [2.75, 3.05) is 0 Å². The van der Waals surface area contributed by atoms with Crippen molar-refractivity contribution in [3.63, 3.8) is 0 Å². The predicted octanol–water partition coefficient (Wildman–Crippen LogP) is 1.28. The van der Waals surface area contributed by atoms with Gasteiger partial charge in [0.2, 0.25) is 0 Å². The summed E-state index contributed by atoms with van der Waals surface area (Å²) in [5, 5.41) is 10.7. The van der Waals surface area contributed by atoms with Crippen molar-refractivity contribution in [2.45, 2.75) is 0 Å². The molecule has 0 atom stereocenters. The Morgan fingerprint density at radius 3 is 2.00 bits per heavy atom. The zero-order valence-electron chi connectivity index (χ0n) is 8.92. The Kier molecular flexibility index (Phi) is 3.01. The molecule has 2 rings (SSSR count). The molecule has 84 valence electrons. The fourth-order valence-corrected chi connectivity index (χ4v) is 1.54. The van der Waals surface area contributed by atoms with Crippen molar-refractivity contribution < 1.29 is 14.7 Å². The van der Waals surface area contributed by atoms with Gasteiger partial charge in [-0.15, -0.1) is 0 Å². The van der Waals surface area contributed by atoms with Gasteiger partial charge in [-0.2, -0.15) is 0 Å². The van der Waals surface area contributed by atoms with Crippen LogP contribution in [0.2, 0.25) is 0 Å². The number of rotatable bonds is 3.